The maximum atomic E-state index is 14.4. The minimum Gasteiger partial charge on any atom is -0.477 e. The van der Waals surface area contributed by atoms with Crippen molar-refractivity contribution in [3.63, 3.8) is 0 Å². The number of amides is 1. The lowest BCUT2D eigenvalue weighted by atomic mass is 9.90. The van der Waals surface area contributed by atoms with E-state index in [0.717, 1.165) is 18.6 Å². The van der Waals surface area contributed by atoms with Crippen molar-refractivity contribution in [2.75, 3.05) is 25.1 Å². The van der Waals surface area contributed by atoms with Crippen molar-refractivity contribution in [1.29, 1.82) is 0 Å². The smallest absolute Gasteiger partial charge is 0.275 e. The lowest BCUT2D eigenvalue weighted by Crippen LogP contribution is -2.45. The number of benzene rings is 1. The maximum Gasteiger partial charge on any atom is 0.275 e. The van der Waals surface area contributed by atoms with E-state index in [-0.39, 0.29) is 29.7 Å². The number of carbonyl (C=O) groups excluding carboxylic acids is 1. The molecule has 2 heterocycles. The van der Waals surface area contributed by atoms with E-state index in [0.29, 0.717) is 6.61 Å². The Bertz CT molecular complexity index is 940. The lowest BCUT2D eigenvalue weighted by molar-refractivity contribution is -0.0145. The van der Waals surface area contributed by atoms with Crippen LogP contribution in [0, 0.1) is 5.82 Å². The third-order valence-corrected chi connectivity index (χ3v) is 4.28. The Morgan fingerprint density at radius 3 is 2.80 bits per heavy atom. The fourth-order valence-corrected chi connectivity index (χ4v) is 2.84. The summed E-state index contributed by atoms with van der Waals surface area (Å²) in [6.07, 6.45) is 0.213. The van der Waals surface area contributed by atoms with Crippen LogP contribution in [0.2, 0.25) is 0 Å². The highest BCUT2D eigenvalue weighted by atomic mass is 19.3. The molecule has 160 valence electrons. The van der Waals surface area contributed by atoms with Gasteiger partial charge in [-0.15, -0.1) is 0 Å². The van der Waals surface area contributed by atoms with Gasteiger partial charge in [0, 0.05) is 11.3 Å². The summed E-state index contributed by atoms with van der Waals surface area (Å²) in [6, 6.07) is 3.28. The highest BCUT2D eigenvalue weighted by Gasteiger charge is 2.46. The molecule has 0 bridgehead atoms. The number of nitrogens with two attached hydrogens (primary N) is 1. The number of rotatable bonds is 7. The Balaban J connectivity index is 1.84. The molecule has 0 saturated heterocycles. The summed E-state index contributed by atoms with van der Waals surface area (Å²) in [4.78, 5) is 24.1. The van der Waals surface area contributed by atoms with Crippen molar-refractivity contribution >= 4 is 17.4 Å². The molecule has 1 aromatic heterocycles. The van der Waals surface area contributed by atoms with Crippen molar-refractivity contribution in [2.45, 2.75) is 25.3 Å². The van der Waals surface area contributed by atoms with Crippen LogP contribution in [0.3, 0.4) is 0 Å². The van der Waals surface area contributed by atoms with Gasteiger partial charge in [-0.3, -0.25) is 9.79 Å². The zero-order valence-corrected chi connectivity index (χ0v) is 16.1. The van der Waals surface area contributed by atoms with E-state index < -0.39 is 35.9 Å². The molecule has 1 aliphatic rings. The number of alkyl halides is 2. The van der Waals surface area contributed by atoms with Crippen LogP contribution in [0.4, 0.5) is 18.9 Å². The molecular weight excluding hydrogens is 403 g/mol. The van der Waals surface area contributed by atoms with E-state index in [4.69, 9.17) is 15.2 Å². The van der Waals surface area contributed by atoms with Gasteiger partial charge in [0.1, 0.15) is 24.0 Å². The molecule has 0 unspecified atom stereocenters. The predicted octanol–water partition coefficient (Wildman–Crippen LogP) is 2.50. The molecule has 1 atom stereocenters. The summed E-state index contributed by atoms with van der Waals surface area (Å²) in [7, 11) is 0. The molecule has 1 aliphatic heterocycles. The Labute approximate surface area is 170 Å². The van der Waals surface area contributed by atoms with Crippen molar-refractivity contribution in [1.82, 2.24) is 9.97 Å². The van der Waals surface area contributed by atoms with Crippen LogP contribution in [0.15, 0.2) is 35.6 Å². The average molecular weight is 423 g/mol. The SMILES string of the molecule is CCCOc1cnc(C(=O)Nc2ccc(F)c([C@]3(C(F)F)COCC(N)=N3)c2)cn1. The van der Waals surface area contributed by atoms with Crippen molar-refractivity contribution in [3.05, 3.63) is 47.7 Å². The summed E-state index contributed by atoms with van der Waals surface area (Å²) in [6.45, 7) is 1.72. The highest BCUT2D eigenvalue weighted by molar-refractivity contribution is 6.02. The molecule has 0 radical (unpaired) electrons. The monoisotopic (exact) mass is 423 g/mol. The van der Waals surface area contributed by atoms with Crippen molar-refractivity contribution < 1.29 is 27.4 Å². The largest absolute Gasteiger partial charge is 0.477 e. The van der Waals surface area contributed by atoms with E-state index >= 15 is 0 Å². The summed E-state index contributed by atoms with van der Waals surface area (Å²) in [5, 5.41) is 2.48. The van der Waals surface area contributed by atoms with Gasteiger partial charge in [-0.1, -0.05) is 6.92 Å². The normalized spacial score (nSPS) is 18.8. The molecule has 0 fully saturated rings. The number of anilines is 1. The molecule has 11 heteroatoms. The van der Waals surface area contributed by atoms with E-state index in [1.165, 1.54) is 18.5 Å². The fraction of sp³-hybridized carbons (Fsp3) is 0.368. The Kier molecular flexibility index (Phi) is 6.50. The number of ether oxygens (including phenoxy) is 2. The molecule has 30 heavy (non-hydrogen) atoms. The number of aliphatic imine (C=N–C) groups is 1. The summed E-state index contributed by atoms with van der Waals surface area (Å²) in [5.41, 5.74) is 2.85. The molecule has 0 aliphatic carbocycles. The van der Waals surface area contributed by atoms with E-state index in [1.807, 2.05) is 6.92 Å². The molecular formula is C19H20F3N5O3. The average Bonchev–Trinajstić information content (AvgIpc) is 2.73. The maximum absolute atomic E-state index is 14.4. The second-order valence-electron chi connectivity index (χ2n) is 6.56. The molecule has 0 saturated carbocycles. The number of nitrogens with zero attached hydrogens (tertiary/aromatic N) is 3. The predicted molar refractivity (Wildman–Crippen MR) is 102 cm³/mol. The number of halogens is 3. The third kappa shape index (κ3) is 4.51. The molecule has 8 nitrogen and oxygen atoms in total. The van der Waals surface area contributed by atoms with Gasteiger partial charge in [0.25, 0.3) is 12.3 Å². The summed E-state index contributed by atoms with van der Waals surface area (Å²) >= 11 is 0. The molecule has 1 amide bonds. The van der Waals surface area contributed by atoms with Crippen LogP contribution >= 0.6 is 0 Å². The number of aromatic nitrogens is 2. The number of hydrogen-bond acceptors (Lipinski definition) is 7. The zero-order valence-electron chi connectivity index (χ0n) is 16.1. The van der Waals surface area contributed by atoms with Crippen LogP contribution in [0.5, 0.6) is 5.88 Å². The van der Waals surface area contributed by atoms with Gasteiger partial charge in [0.2, 0.25) is 5.88 Å². The van der Waals surface area contributed by atoms with E-state index in [9.17, 15) is 18.0 Å². The van der Waals surface area contributed by atoms with Crippen LogP contribution in [0.25, 0.3) is 0 Å². The van der Waals surface area contributed by atoms with Gasteiger partial charge in [0.05, 0.1) is 25.6 Å². The van der Waals surface area contributed by atoms with Gasteiger partial charge in [-0.2, -0.15) is 0 Å². The Hall–Kier alpha value is -3.21. The molecule has 0 spiro atoms. The van der Waals surface area contributed by atoms with Crippen LogP contribution in [-0.2, 0) is 10.3 Å². The molecule has 2 aromatic rings. The lowest BCUT2D eigenvalue weighted by Gasteiger charge is -2.33. The zero-order chi connectivity index (χ0) is 21.7. The number of hydrogen-bond donors (Lipinski definition) is 2. The first kappa shape index (κ1) is 21.5. The highest BCUT2D eigenvalue weighted by Crippen LogP contribution is 2.38. The molecule has 1 aromatic carbocycles. The van der Waals surface area contributed by atoms with E-state index in [1.54, 1.807) is 0 Å². The topological polar surface area (TPSA) is 112 Å². The molecule has 3 N–H and O–H groups in total. The van der Waals surface area contributed by atoms with Crippen LogP contribution in [0.1, 0.15) is 29.4 Å². The fourth-order valence-electron chi connectivity index (χ4n) is 2.84. The first-order chi connectivity index (χ1) is 14.4. The first-order valence-corrected chi connectivity index (χ1v) is 9.12. The number of amidine groups is 1. The van der Waals surface area contributed by atoms with Gasteiger partial charge >= 0.3 is 0 Å². The summed E-state index contributed by atoms with van der Waals surface area (Å²) < 4.78 is 52.6. The number of carbonyl (C=O) groups is 1. The Morgan fingerprint density at radius 2 is 2.17 bits per heavy atom. The van der Waals surface area contributed by atoms with Crippen LogP contribution in [-0.4, -0.2) is 48.0 Å². The third-order valence-electron chi connectivity index (χ3n) is 4.28. The second kappa shape index (κ2) is 9.08. The molecule has 3 rings (SSSR count). The van der Waals surface area contributed by atoms with Crippen molar-refractivity contribution in [2.24, 2.45) is 10.7 Å². The number of nitrogens with one attached hydrogen (secondary N) is 1. The standard InChI is InChI=1S/C19H20F3N5O3/c1-2-5-30-16-8-24-14(7-25-16)17(28)26-11-3-4-13(20)12(6-11)19(18(21)22)10-29-9-15(23)27-19/h3-4,6-8,18H,2,5,9-10H2,1H3,(H2,23,27)(H,26,28)/t19-/m0/s1. The van der Waals surface area contributed by atoms with E-state index in [2.05, 4.69) is 20.3 Å². The quantitative estimate of drug-likeness (QED) is 0.708. The first-order valence-electron chi connectivity index (χ1n) is 9.12. The minimum absolute atomic E-state index is 0.0310. The van der Waals surface area contributed by atoms with Gasteiger partial charge < -0.3 is 20.5 Å². The minimum atomic E-state index is -3.08. The summed E-state index contributed by atoms with van der Waals surface area (Å²) in [5.74, 6) is -1.48. The van der Waals surface area contributed by atoms with Gasteiger partial charge in [0.15, 0.2) is 5.54 Å². The second-order valence-corrected chi connectivity index (χ2v) is 6.56. The van der Waals surface area contributed by atoms with Crippen molar-refractivity contribution in [3.8, 4) is 5.88 Å². The van der Waals surface area contributed by atoms with Crippen LogP contribution < -0.4 is 15.8 Å². The van der Waals surface area contributed by atoms with Gasteiger partial charge in [-0.25, -0.2) is 23.1 Å². The Morgan fingerprint density at radius 1 is 1.37 bits per heavy atom. The van der Waals surface area contributed by atoms with Gasteiger partial charge in [-0.05, 0) is 24.6 Å².